The molecule has 0 aliphatic carbocycles. The monoisotopic (exact) mass is 555 g/mol. The molecule has 39 heavy (non-hydrogen) atoms. The Morgan fingerprint density at radius 1 is 1.28 bits per heavy atom. The fourth-order valence-corrected chi connectivity index (χ4v) is 6.27. The molecule has 2 aromatic heterocycles. The molecule has 4 heterocycles. The average Bonchev–Trinajstić information content (AvgIpc) is 3.58. The lowest BCUT2D eigenvalue weighted by molar-refractivity contribution is -0.147. The number of methoxy groups -OCH3 is 1. The third-order valence-corrected chi connectivity index (χ3v) is 8.75. The highest BCUT2D eigenvalue weighted by Crippen LogP contribution is 2.46. The third-order valence-electron chi connectivity index (χ3n) is 7.41. The molecule has 1 saturated heterocycles. The molecule has 5 rings (SSSR count). The molecule has 1 aromatic carbocycles. The number of carboxylic acid groups (broad SMARTS) is 1. The molecule has 1 atom stereocenters. The summed E-state index contributed by atoms with van der Waals surface area (Å²) in [6.07, 6.45) is 4.20. The third kappa shape index (κ3) is 5.13. The van der Waals surface area contributed by atoms with Crippen LogP contribution in [-0.2, 0) is 14.3 Å². The number of benzene rings is 1. The lowest BCUT2D eigenvalue weighted by Crippen LogP contribution is -2.59. The lowest BCUT2D eigenvalue weighted by Gasteiger charge is -2.44. The average molecular weight is 556 g/mol. The van der Waals surface area contributed by atoms with Gasteiger partial charge in [-0.2, -0.15) is 0 Å². The topological polar surface area (TPSA) is 115 Å². The number of nitrogens with zero attached hydrogens (tertiary/aromatic N) is 3. The van der Waals surface area contributed by atoms with E-state index in [1.54, 1.807) is 27.2 Å². The number of amides is 1. The van der Waals surface area contributed by atoms with Gasteiger partial charge in [0.15, 0.2) is 0 Å². The van der Waals surface area contributed by atoms with Gasteiger partial charge in [-0.15, -0.1) is 11.3 Å². The van der Waals surface area contributed by atoms with E-state index < -0.39 is 17.6 Å². The molecule has 11 heteroatoms. The van der Waals surface area contributed by atoms with E-state index in [-0.39, 0.29) is 18.7 Å². The van der Waals surface area contributed by atoms with Crippen LogP contribution in [0.4, 0.5) is 5.00 Å². The van der Waals surface area contributed by atoms with Gasteiger partial charge in [-0.25, -0.2) is 9.78 Å². The van der Waals surface area contributed by atoms with Gasteiger partial charge in [-0.05, 0) is 45.2 Å². The Labute approximate surface area is 231 Å². The van der Waals surface area contributed by atoms with Crippen molar-refractivity contribution >= 4 is 28.2 Å². The Hall–Kier alpha value is -3.41. The fourth-order valence-electron chi connectivity index (χ4n) is 5.02. The van der Waals surface area contributed by atoms with E-state index in [0.717, 1.165) is 28.3 Å². The first-order valence-electron chi connectivity index (χ1n) is 12.9. The number of anilines is 1. The van der Waals surface area contributed by atoms with Gasteiger partial charge in [0, 0.05) is 18.8 Å². The van der Waals surface area contributed by atoms with E-state index in [2.05, 4.69) is 4.98 Å². The van der Waals surface area contributed by atoms with Crippen LogP contribution in [0.3, 0.4) is 0 Å². The van der Waals surface area contributed by atoms with Gasteiger partial charge in [0.2, 0.25) is 5.89 Å². The van der Waals surface area contributed by atoms with Gasteiger partial charge < -0.3 is 33.5 Å². The summed E-state index contributed by atoms with van der Waals surface area (Å²) in [5.41, 5.74) is 0.609. The second kappa shape index (κ2) is 11.0. The zero-order valence-corrected chi connectivity index (χ0v) is 23.3. The highest BCUT2D eigenvalue weighted by molar-refractivity contribution is 7.20. The summed E-state index contributed by atoms with van der Waals surface area (Å²) in [4.78, 5) is 34.5. The number of aliphatic carboxylic acids is 1. The SMILES string of the molecule is COc1ccccc1[C@H](CN1CN(C(C)(C)C(=O)O)C(=O)c2c1sc(-c1ncco1)c2C)OC1CCOCC1. The first kappa shape index (κ1) is 27.2. The number of oxazole rings is 1. The largest absolute Gasteiger partial charge is 0.496 e. The molecular weight excluding hydrogens is 522 g/mol. The minimum atomic E-state index is -1.44. The number of carboxylic acids is 1. The molecule has 0 radical (unpaired) electrons. The van der Waals surface area contributed by atoms with E-state index in [0.29, 0.717) is 42.5 Å². The minimum absolute atomic E-state index is 0.000861. The molecule has 0 unspecified atom stereocenters. The number of hydrogen-bond donors (Lipinski definition) is 1. The summed E-state index contributed by atoms with van der Waals surface area (Å²) in [6, 6.07) is 7.74. The first-order valence-corrected chi connectivity index (χ1v) is 13.7. The minimum Gasteiger partial charge on any atom is -0.496 e. The predicted molar refractivity (Wildman–Crippen MR) is 145 cm³/mol. The van der Waals surface area contributed by atoms with Crippen molar-refractivity contribution in [3.05, 3.63) is 53.4 Å². The molecule has 208 valence electrons. The summed E-state index contributed by atoms with van der Waals surface area (Å²) in [7, 11) is 1.63. The molecule has 0 saturated carbocycles. The number of ether oxygens (including phenoxy) is 3. The maximum absolute atomic E-state index is 13.8. The van der Waals surface area contributed by atoms with Crippen LogP contribution in [0.5, 0.6) is 5.75 Å². The highest BCUT2D eigenvalue weighted by atomic mass is 32.1. The molecule has 1 fully saturated rings. The molecule has 3 aromatic rings. The summed E-state index contributed by atoms with van der Waals surface area (Å²) >= 11 is 1.41. The van der Waals surface area contributed by atoms with Gasteiger partial charge >= 0.3 is 5.97 Å². The molecule has 0 spiro atoms. The zero-order chi connectivity index (χ0) is 27.7. The number of fused-ring (bicyclic) bond motifs is 1. The molecule has 2 aliphatic rings. The van der Waals surface area contributed by atoms with Crippen LogP contribution in [0.2, 0.25) is 0 Å². The number of carbonyl (C=O) groups excluding carboxylic acids is 1. The van der Waals surface area contributed by atoms with E-state index in [1.807, 2.05) is 36.1 Å². The van der Waals surface area contributed by atoms with Crippen molar-refractivity contribution in [3.8, 4) is 16.5 Å². The molecule has 2 aliphatic heterocycles. The highest BCUT2D eigenvalue weighted by Gasteiger charge is 2.45. The summed E-state index contributed by atoms with van der Waals surface area (Å²) < 4.78 is 23.5. The predicted octanol–water partition coefficient (Wildman–Crippen LogP) is 4.74. The van der Waals surface area contributed by atoms with E-state index >= 15 is 0 Å². The van der Waals surface area contributed by atoms with Crippen LogP contribution in [0.15, 0.2) is 41.1 Å². The molecule has 1 N–H and O–H groups in total. The zero-order valence-electron chi connectivity index (χ0n) is 22.5. The molecular formula is C28H33N3O7S. The smallest absolute Gasteiger partial charge is 0.329 e. The van der Waals surface area contributed by atoms with Crippen LogP contribution in [0.1, 0.15) is 54.3 Å². The Kier molecular flexibility index (Phi) is 7.66. The second-order valence-electron chi connectivity index (χ2n) is 10.2. The van der Waals surface area contributed by atoms with Gasteiger partial charge in [0.1, 0.15) is 28.7 Å². The Balaban J connectivity index is 1.59. The van der Waals surface area contributed by atoms with Gasteiger partial charge in [-0.1, -0.05) is 18.2 Å². The van der Waals surface area contributed by atoms with Crippen LogP contribution in [0, 0.1) is 6.92 Å². The van der Waals surface area contributed by atoms with Crippen LogP contribution in [-0.4, -0.2) is 72.0 Å². The van der Waals surface area contributed by atoms with Crippen molar-refractivity contribution in [3.63, 3.8) is 0 Å². The first-order chi connectivity index (χ1) is 18.7. The normalized spacial score (nSPS) is 17.3. The number of rotatable bonds is 9. The Morgan fingerprint density at radius 3 is 2.69 bits per heavy atom. The number of carbonyl (C=O) groups is 2. The summed E-state index contributed by atoms with van der Waals surface area (Å²) in [6.45, 7) is 6.66. The lowest BCUT2D eigenvalue weighted by atomic mass is 9.99. The van der Waals surface area contributed by atoms with Crippen LogP contribution in [0.25, 0.3) is 10.8 Å². The van der Waals surface area contributed by atoms with Gasteiger partial charge in [0.05, 0.1) is 43.1 Å². The van der Waals surface area contributed by atoms with E-state index in [1.165, 1.54) is 22.5 Å². The molecule has 10 nitrogen and oxygen atoms in total. The van der Waals surface area contributed by atoms with Crippen molar-refractivity contribution in [1.29, 1.82) is 0 Å². The number of hydrogen-bond acceptors (Lipinski definition) is 9. The maximum atomic E-state index is 13.8. The standard InChI is InChI=1S/C28H33N3O7S/c1-17-22-25(32)31(28(2,3)27(33)34)16-30(26(22)39-23(17)24-29-11-14-37-24)15-21(38-18-9-12-36-13-10-18)19-7-5-6-8-20(19)35-4/h5-8,11,14,18,21H,9-10,12-13,15-16H2,1-4H3,(H,33,34)/t21-/m0/s1. The molecule has 1 amide bonds. The Morgan fingerprint density at radius 2 is 2.03 bits per heavy atom. The van der Waals surface area contributed by atoms with Crippen LogP contribution < -0.4 is 9.64 Å². The molecule has 0 bridgehead atoms. The van der Waals surface area contributed by atoms with Crippen molar-refractivity contribution in [1.82, 2.24) is 9.88 Å². The summed E-state index contributed by atoms with van der Waals surface area (Å²) in [5, 5.41) is 10.8. The van der Waals surface area contributed by atoms with E-state index in [9.17, 15) is 14.7 Å². The van der Waals surface area contributed by atoms with Gasteiger partial charge in [0.25, 0.3) is 5.91 Å². The van der Waals surface area contributed by atoms with Crippen molar-refractivity contribution in [2.75, 3.05) is 38.4 Å². The number of thiophene rings is 1. The maximum Gasteiger partial charge on any atom is 0.329 e. The van der Waals surface area contributed by atoms with Gasteiger partial charge in [-0.3, -0.25) is 4.79 Å². The van der Waals surface area contributed by atoms with Crippen molar-refractivity contribution in [2.45, 2.75) is 51.4 Å². The van der Waals surface area contributed by atoms with Crippen LogP contribution >= 0.6 is 11.3 Å². The van der Waals surface area contributed by atoms with E-state index in [4.69, 9.17) is 18.6 Å². The Bertz CT molecular complexity index is 1330. The second-order valence-corrected chi connectivity index (χ2v) is 11.2. The van der Waals surface area contributed by atoms with Crippen molar-refractivity contribution in [2.24, 2.45) is 0 Å². The summed E-state index contributed by atoms with van der Waals surface area (Å²) in [5.74, 6) is -0.295. The fraction of sp³-hybridized carbons (Fsp3) is 0.464. The quantitative estimate of drug-likeness (QED) is 0.400. The number of para-hydroxylation sites is 1. The van der Waals surface area contributed by atoms with Crippen molar-refractivity contribution < 1.29 is 33.3 Å². The number of aromatic nitrogens is 1.